The largest absolute Gasteiger partial charge is 0.379 e. The van der Waals surface area contributed by atoms with Crippen molar-refractivity contribution in [2.75, 3.05) is 32.8 Å². The second-order valence-electron chi connectivity index (χ2n) is 7.39. The second-order valence-corrected chi connectivity index (χ2v) is 9.11. The quantitative estimate of drug-likeness (QED) is 0.736. The lowest BCUT2D eigenvalue weighted by Crippen LogP contribution is -2.43. The monoisotopic (exact) mass is 402 g/mol. The normalized spacial score (nSPS) is 16.8. The van der Waals surface area contributed by atoms with Crippen molar-refractivity contribution in [2.24, 2.45) is 0 Å². The van der Waals surface area contributed by atoms with Crippen LogP contribution in [0.3, 0.4) is 0 Å². The van der Waals surface area contributed by atoms with Crippen molar-refractivity contribution in [1.82, 2.24) is 9.62 Å². The number of rotatable bonds is 8. The van der Waals surface area contributed by atoms with Gasteiger partial charge in [0.1, 0.15) is 0 Å². The van der Waals surface area contributed by atoms with Crippen LogP contribution in [0, 0.1) is 6.92 Å². The average Bonchev–Trinajstić information content (AvgIpc) is 2.69. The van der Waals surface area contributed by atoms with Gasteiger partial charge in [0.15, 0.2) is 0 Å². The number of aryl methyl sites for hydroxylation is 2. The minimum Gasteiger partial charge on any atom is -0.379 e. The molecule has 0 unspecified atom stereocenters. The van der Waals surface area contributed by atoms with E-state index < -0.39 is 10.0 Å². The van der Waals surface area contributed by atoms with Crippen molar-refractivity contribution >= 4 is 10.0 Å². The van der Waals surface area contributed by atoms with Crippen LogP contribution in [0.1, 0.15) is 36.1 Å². The lowest BCUT2D eigenvalue weighted by Gasteiger charge is -2.31. The molecule has 0 aliphatic carbocycles. The fraction of sp³-hybridized carbons (Fsp3) is 0.455. The van der Waals surface area contributed by atoms with Crippen molar-refractivity contribution < 1.29 is 13.2 Å². The molecule has 0 aromatic heterocycles. The van der Waals surface area contributed by atoms with E-state index in [1.807, 2.05) is 43.3 Å². The molecule has 0 spiro atoms. The lowest BCUT2D eigenvalue weighted by atomic mass is 10.1. The summed E-state index contributed by atoms with van der Waals surface area (Å²) in [6.07, 6.45) is 2.00. The Kier molecular flexibility index (Phi) is 7.24. The van der Waals surface area contributed by atoms with E-state index in [4.69, 9.17) is 4.74 Å². The first-order valence-corrected chi connectivity index (χ1v) is 11.4. The maximum absolute atomic E-state index is 13.0. The van der Waals surface area contributed by atoms with Crippen LogP contribution in [-0.4, -0.2) is 46.2 Å². The maximum Gasteiger partial charge on any atom is 0.241 e. The van der Waals surface area contributed by atoms with Gasteiger partial charge in [-0.05, 0) is 36.6 Å². The molecule has 2 aromatic rings. The third-order valence-corrected chi connectivity index (χ3v) is 6.58. The highest BCUT2D eigenvalue weighted by molar-refractivity contribution is 7.89. The van der Waals surface area contributed by atoms with Crippen molar-refractivity contribution in [3.63, 3.8) is 0 Å². The maximum atomic E-state index is 13.0. The molecular weight excluding hydrogens is 372 g/mol. The first-order chi connectivity index (χ1) is 13.5. The Bertz CT molecular complexity index is 842. The number of nitrogens with one attached hydrogen (secondary N) is 1. The summed E-state index contributed by atoms with van der Waals surface area (Å²) < 4.78 is 34.4. The number of morpholine rings is 1. The summed E-state index contributed by atoms with van der Waals surface area (Å²) in [4.78, 5) is 2.56. The Morgan fingerprint density at radius 1 is 1.04 bits per heavy atom. The molecule has 3 rings (SSSR count). The number of sulfonamides is 1. The van der Waals surface area contributed by atoms with Gasteiger partial charge >= 0.3 is 0 Å². The molecule has 0 amide bonds. The minimum absolute atomic E-state index is 0.306. The predicted octanol–water partition coefficient (Wildman–Crippen LogP) is 3.30. The summed E-state index contributed by atoms with van der Waals surface area (Å²) in [5.74, 6) is 0. The zero-order valence-corrected chi connectivity index (χ0v) is 17.5. The molecule has 6 heteroatoms. The molecule has 1 N–H and O–H groups in total. The highest BCUT2D eigenvalue weighted by Gasteiger charge is 2.24. The molecule has 1 aliphatic heterocycles. The van der Waals surface area contributed by atoms with Gasteiger partial charge in [0.25, 0.3) is 0 Å². The summed E-state index contributed by atoms with van der Waals surface area (Å²) in [5, 5.41) is 0. The molecular formula is C22H30N2O3S. The number of hydrogen-bond donors (Lipinski definition) is 1. The van der Waals surface area contributed by atoms with Crippen LogP contribution in [0.5, 0.6) is 0 Å². The number of hydrogen-bond acceptors (Lipinski definition) is 4. The van der Waals surface area contributed by atoms with E-state index in [-0.39, 0.29) is 6.04 Å². The molecule has 1 aliphatic rings. The van der Waals surface area contributed by atoms with E-state index in [1.54, 1.807) is 12.1 Å². The first kappa shape index (κ1) is 21.0. The first-order valence-electron chi connectivity index (χ1n) is 9.96. The Balaban J connectivity index is 1.81. The van der Waals surface area contributed by atoms with Gasteiger partial charge in [-0.1, -0.05) is 55.3 Å². The van der Waals surface area contributed by atoms with Crippen molar-refractivity contribution in [3.8, 4) is 0 Å². The van der Waals surface area contributed by atoms with Crippen molar-refractivity contribution in [1.29, 1.82) is 0 Å². The molecule has 1 heterocycles. The van der Waals surface area contributed by atoms with E-state index in [0.717, 1.165) is 42.6 Å². The average molecular weight is 403 g/mol. The Labute approximate surface area is 168 Å². The summed E-state index contributed by atoms with van der Waals surface area (Å²) in [7, 11) is -3.61. The highest BCUT2D eigenvalue weighted by Crippen LogP contribution is 2.20. The number of ether oxygens (including phenoxy) is 1. The van der Waals surface area contributed by atoms with Gasteiger partial charge in [-0.3, -0.25) is 4.90 Å². The zero-order chi connectivity index (χ0) is 20.0. The molecule has 152 valence electrons. The van der Waals surface area contributed by atoms with Crippen LogP contribution in [0.4, 0.5) is 0 Å². The molecule has 0 radical (unpaired) electrons. The number of nitrogens with zero attached hydrogens (tertiary/aromatic N) is 1. The predicted molar refractivity (Wildman–Crippen MR) is 112 cm³/mol. The van der Waals surface area contributed by atoms with Gasteiger partial charge in [-0.25, -0.2) is 13.1 Å². The highest BCUT2D eigenvalue weighted by atomic mass is 32.2. The molecule has 1 fully saturated rings. The van der Waals surface area contributed by atoms with Crippen LogP contribution >= 0.6 is 0 Å². The van der Waals surface area contributed by atoms with Gasteiger partial charge in [-0.2, -0.15) is 0 Å². The van der Waals surface area contributed by atoms with Gasteiger partial charge in [-0.15, -0.1) is 0 Å². The van der Waals surface area contributed by atoms with E-state index in [0.29, 0.717) is 24.7 Å². The molecule has 28 heavy (non-hydrogen) atoms. The number of benzene rings is 2. The summed E-state index contributed by atoms with van der Waals surface area (Å²) in [6, 6.07) is 15.0. The topological polar surface area (TPSA) is 58.6 Å². The second kappa shape index (κ2) is 9.65. The smallest absolute Gasteiger partial charge is 0.241 e. The van der Waals surface area contributed by atoms with Crippen molar-refractivity contribution in [2.45, 2.75) is 37.6 Å². The Morgan fingerprint density at radius 2 is 1.68 bits per heavy atom. The molecule has 0 saturated carbocycles. The standard InChI is InChI=1S/C22H30N2O3S/c1-3-4-19-7-11-21(12-8-19)28(25,26)23-22(17-24-13-15-27-16-14-24)20-9-5-18(2)6-10-20/h5-12,22-23H,3-4,13-17H2,1-2H3/t22-/m1/s1. The van der Waals surface area contributed by atoms with Crippen LogP contribution in [-0.2, 0) is 21.2 Å². The van der Waals surface area contributed by atoms with E-state index in [1.165, 1.54) is 0 Å². The SMILES string of the molecule is CCCc1ccc(S(=O)(=O)N[C@H](CN2CCOCC2)c2ccc(C)cc2)cc1. The summed E-state index contributed by atoms with van der Waals surface area (Å²) >= 11 is 0. The molecule has 1 saturated heterocycles. The Morgan fingerprint density at radius 3 is 2.29 bits per heavy atom. The third-order valence-electron chi connectivity index (χ3n) is 5.09. The Hall–Kier alpha value is -1.73. The van der Waals surface area contributed by atoms with E-state index >= 15 is 0 Å². The van der Waals surface area contributed by atoms with Crippen LogP contribution in [0.25, 0.3) is 0 Å². The summed E-state index contributed by atoms with van der Waals surface area (Å²) in [5.41, 5.74) is 3.29. The van der Waals surface area contributed by atoms with Gasteiger partial charge in [0, 0.05) is 19.6 Å². The van der Waals surface area contributed by atoms with Crippen LogP contribution < -0.4 is 4.72 Å². The molecule has 1 atom stereocenters. The summed E-state index contributed by atoms with van der Waals surface area (Å²) in [6.45, 7) is 7.77. The van der Waals surface area contributed by atoms with E-state index in [9.17, 15) is 8.42 Å². The fourth-order valence-corrected chi connectivity index (χ4v) is 4.65. The third kappa shape index (κ3) is 5.64. The van der Waals surface area contributed by atoms with Crippen LogP contribution in [0.2, 0.25) is 0 Å². The molecule has 2 aromatic carbocycles. The van der Waals surface area contributed by atoms with Gasteiger partial charge in [0.2, 0.25) is 10.0 Å². The van der Waals surface area contributed by atoms with Crippen LogP contribution in [0.15, 0.2) is 53.4 Å². The lowest BCUT2D eigenvalue weighted by molar-refractivity contribution is 0.0345. The van der Waals surface area contributed by atoms with Gasteiger partial charge in [0.05, 0.1) is 24.2 Å². The minimum atomic E-state index is -3.61. The fourth-order valence-electron chi connectivity index (χ4n) is 3.43. The van der Waals surface area contributed by atoms with Crippen molar-refractivity contribution in [3.05, 3.63) is 65.2 Å². The molecule has 5 nitrogen and oxygen atoms in total. The molecule has 0 bridgehead atoms. The van der Waals surface area contributed by atoms with Gasteiger partial charge < -0.3 is 4.74 Å². The zero-order valence-electron chi connectivity index (χ0n) is 16.7. The van der Waals surface area contributed by atoms with E-state index in [2.05, 4.69) is 16.5 Å².